The molecule has 11 heavy (non-hydrogen) atoms. The van der Waals surface area contributed by atoms with E-state index in [4.69, 9.17) is 24.4 Å². The standard InChI is InChI=1S/C6H11PS4/c1-3-7(4-2,5(8)9)6(10)11/h3-4H2,1-2H3,(H-,8,9,10,11)/p+1. The molecule has 0 radical (unpaired) electrons. The van der Waals surface area contributed by atoms with E-state index in [1.807, 2.05) is 0 Å². The van der Waals surface area contributed by atoms with Gasteiger partial charge in [0.05, 0.1) is 12.3 Å². The van der Waals surface area contributed by atoms with Gasteiger partial charge in [0, 0.05) is 0 Å². The van der Waals surface area contributed by atoms with Gasteiger partial charge in [-0.2, -0.15) is 0 Å². The summed E-state index contributed by atoms with van der Waals surface area (Å²) in [7, 11) is -1.41. The van der Waals surface area contributed by atoms with Crippen molar-refractivity contribution in [1.29, 1.82) is 0 Å². The van der Waals surface area contributed by atoms with Gasteiger partial charge in [-0.05, 0) is 38.3 Å². The predicted octanol–water partition coefficient (Wildman–Crippen LogP) is 3.47. The Morgan fingerprint density at radius 2 is 1.36 bits per heavy atom. The monoisotopic (exact) mass is 243 g/mol. The molecular weight excluding hydrogens is 231 g/mol. The number of hydrogen-bond acceptors (Lipinski definition) is 2. The SMILES string of the molecule is CC[P+](CC)(C(=S)S)C(=S)S. The fraction of sp³-hybridized carbons (Fsp3) is 0.667. The van der Waals surface area contributed by atoms with E-state index in [1.165, 1.54) is 0 Å². The highest BCUT2D eigenvalue weighted by atomic mass is 32.2. The largest absolute Gasteiger partial charge is 0.193 e. The van der Waals surface area contributed by atoms with Crippen LogP contribution < -0.4 is 0 Å². The van der Waals surface area contributed by atoms with E-state index < -0.39 is 7.26 Å². The van der Waals surface area contributed by atoms with Crippen molar-refractivity contribution < 1.29 is 0 Å². The van der Waals surface area contributed by atoms with Crippen LogP contribution in [0.2, 0.25) is 0 Å². The van der Waals surface area contributed by atoms with Crippen LogP contribution >= 0.6 is 57.0 Å². The molecule has 0 aromatic carbocycles. The first kappa shape index (κ1) is 12.3. The Kier molecular flexibility index (Phi) is 5.74. The van der Waals surface area contributed by atoms with Crippen molar-refractivity contribution in [2.45, 2.75) is 13.8 Å². The van der Waals surface area contributed by atoms with E-state index in [9.17, 15) is 0 Å². The Morgan fingerprint density at radius 3 is 1.36 bits per heavy atom. The summed E-state index contributed by atoms with van der Waals surface area (Å²) in [5.74, 6) is 0. The summed E-state index contributed by atoms with van der Waals surface area (Å²) in [4.78, 5) is 0. The van der Waals surface area contributed by atoms with Gasteiger partial charge in [-0.1, -0.05) is 25.3 Å². The lowest BCUT2D eigenvalue weighted by Gasteiger charge is -2.19. The van der Waals surface area contributed by atoms with Crippen LogP contribution in [-0.4, -0.2) is 20.2 Å². The lowest BCUT2D eigenvalue weighted by Crippen LogP contribution is -2.09. The van der Waals surface area contributed by atoms with Gasteiger partial charge in [-0.25, -0.2) is 0 Å². The number of thiol groups is 2. The van der Waals surface area contributed by atoms with Crippen LogP contribution in [0.4, 0.5) is 0 Å². The van der Waals surface area contributed by atoms with Crippen molar-refractivity contribution in [2.24, 2.45) is 0 Å². The third-order valence-electron chi connectivity index (χ3n) is 1.81. The highest BCUT2D eigenvalue weighted by molar-refractivity contribution is 8.46. The second-order valence-electron chi connectivity index (χ2n) is 2.17. The van der Waals surface area contributed by atoms with Gasteiger partial charge < -0.3 is 0 Å². The van der Waals surface area contributed by atoms with Crippen LogP contribution in [0.5, 0.6) is 0 Å². The average Bonchev–Trinajstić information content (AvgIpc) is 1.90. The van der Waals surface area contributed by atoms with Gasteiger partial charge in [-0.3, -0.25) is 0 Å². The first-order chi connectivity index (χ1) is 5.01. The molecule has 0 aliphatic carbocycles. The summed E-state index contributed by atoms with van der Waals surface area (Å²) in [6.07, 6.45) is 1.99. The summed E-state index contributed by atoms with van der Waals surface area (Å²) in [6.45, 7) is 4.20. The minimum Gasteiger partial charge on any atom is -0.0935 e. The summed E-state index contributed by atoms with van der Waals surface area (Å²) >= 11 is 18.6. The molecule has 0 aromatic heterocycles. The van der Waals surface area contributed by atoms with Crippen LogP contribution in [0.1, 0.15) is 13.8 Å². The molecule has 5 heteroatoms. The maximum absolute atomic E-state index is 5.08. The molecule has 0 N–H and O–H groups in total. The third-order valence-corrected chi connectivity index (χ3v) is 9.83. The third kappa shape index (κ3) is 2.63. The molecule has 0 atom stereocenters. The van der Waals surface area contributed by atoms with E-state index >= 15 is 0 Å². The molecule has 0 saturated heterocycles. The molecule has 64 valence electrons. The summed E-state index contributed by atoms with van der Waals surface area (Å²) < 4.78 is 1.53. The maximum Gasteiger partial charge on any atom is 0.193 e. The minimum absolute atomic E-state index is 0.766. The smallest absolute Gasteiger partial charge is 0.0935 e. The van der Waals surface area contributed by atoms with Crippen LogP contribution in [-0.2, 0) is 0 Å². The molecule has 0 spiro atoms. The van der Waals surface area contributed by atoms with Crippen LogP contribution in [0.3, 0.4) is 0 Å². The molecule has 0 saturated carbocycles. The van der Waals surface area contributed by atoms with Gasteiger partial charge in [0.25, 0.3) is 0 Å². The Balaban J connectivity index is 4.76. The van der Waals surface area contributed by atoms with Gasteiger partial charge in [0.1, 0.15) is 7.26 Å². The van der Waals surface area contributed by atoms with Crippen LogP contribution in [0, 0.1) is 0 Å². The first-order valence-electron chi connectivity index (χ1n) is 3.35. The fourth-order valence-corrected chi connectivity index (χ4v) is 7.75. The Bertz CT molecular complexity index is 157. The topological polar surface area (TPSA) is 0 Å². The second kappa shape index (κ2) is 5.13. The maximum atomic E-state index is 5.08. The zero-order valence-corrected chi connectivity index (χ0v) is 10.9. The van der Waals surface area contributed by atoms with Crippen molar-refractivity contribution in [2.75, 3.05) is 12.3 Å². The molecule has 0 aliphatic heterocycles. The number of rotatable bonds is 4. The zero-order valence-electron chi connectivity index (χ0n) is 6.57. The Morgan fingerprint density at radius 1 is 1.09 bits per heavy atom. The second-order valence-corrected chi connectivity index (χ2v) is 9.89. The lowest BCUT2D eigenvalue weighted by molar-refractivity contribution is 1.42. The molecule has 0 rings (SSSR count). The highest BCUT2D eigenvalue weighted by Gasteiger charge is 2.41. The first-order valence-corrected chi connectivity index (χ1v) is 7.22. The van der Waals surface area contributed by atoms with E-state index in [0.717, 1.165) is 20.2 Å². The summed E-state index contributed by atoms with van der Waals surface area (Å²) in [5.41, 5.74) is 0. The van der Waals surface area contributed by atoms with Crippen molar-refractivity contribution >= 4 is 64.8 Å². The summed E-state index contributed by atoms with van der Waals surface area (Å²) in [6, 6.07) is 0. The van der Waals surface area contributed by atoms with Gasteiger partial charge in [0.2, 0.25) is 0 Å². The van der Waals surface area contributed by atoms with E-state index in [1.54, 1.807) is 0 Å². The average molecular weight is 243 g/mol. The van der Waals surface area contributed by atoms with Crippen molar-refractivity contribution in [3.8, 4) is 0 Å². The molecule has 0 amide bonds. The quantitative estimate of drug-likeness (QED) is 0.441. The Hall–Kier alpha value is 1.31. The van der Waals surface area contributed by atoms with E-state index in [0.29, 0.717) is 0 Å². The van der Waals surface area contributed by atoms with Crippen molar-refractivity contribution in [3.63, 3.8) is 0 Å². The van der Waals surface area contributed by atoms with Crippen LogP contribution in [0.25, 0.3) is 0 Å². The van der Waals surface area contributed by atoms with Gasteiger partial charge >= 0.3 is 0 Å². The normalized spacial score (nSPS) is 11.3. The van der Waals surface area contributed by atoms with Gasteiger partial charge in [-0.15, -0.1) is 0 Å². The molecule has 0 aromatic rings. The molecule has 0 fully saturated rings. The highest BCUT2D eigenvalue weighted by Crippen LogP contribution is 2.63. The number of thiocarbonyl (C=S) groups is 2. The molecular formula is C6H12PS4+. The molecule has 0 unspecified atom stereocenters. The molecule has 0 aliphatic rings. The molecule has 0 heterocycles. The summed E-state index contributed by atoms with van der Waals surface area (Å²) in [5, 5.41) is 0. The van der Waals surface area contributed by atoms with Gasteiger partial charge in [0.15, 0.2) is 7.88 Å². The van der Waals surface area contributed by atoms with Crippen molar-refractivity contribution in [1.82, 2.24) is 0 Å². The number of hydrogen-bond donors (Lipinski definition) is 2. The molecule has 0 bridgehead atoms. The Labute approximate surface area is 90.7 Å². The zero-order chi connectivity index (χ0) is 9.07. The minimum atomic E-state index is -1.41. The van der Waals surface area contributed by atoms with E-state index in [2.05, 4.69) is 39.1 Å². The predicted molar refractivity (Wildman–Crippen MR) is 71.2 cm³/mol. The van der Waals surface area contributed by atoms with E-state index in [-0.39, 0.29) is 0 Å². The lowest BCUT2D eigenvalue weighted by atomic mass is 11.0. The fourth-order valence-electron chi connectivity index (χ4n) is 0.846. The van der Waals surface area contributed by atoms with Crippen molar-refractivity contribution in [3.05, 3.63) is 0 Å². The van der Waals surface area contributed by atoms with Crippen LogP contribution in [0.15, 0.2) is 0 Å². The molecule has 0 nitrogen and oxygen atoms in total.